The SMILES string of the molecule is Cc1occc1C(=O)N1CCC(C)CC1C(=O)O. The highest BCUT2D eigenvalue weighted by atomic mass is 16.4. The number of amides is 1. The molecule has 1 fully saturated rings. The van der Waals surface area contributed by atoms with Crippen molar-refractivity contribution in [3.8, 4) is 0 Å². The number of hydrogen-bond donors (Lipinski definition) is 1. The minimum absolute atomic E-state index is 0.249. The predicted octanol–water partition coefficient (Wildman–Crippen LogP) is 1.91. The summed E-state index contributed by atoms with van der Waals surface area (Å²) in [6, 6.07) is 0.866. The Morgan fingerprint density at radius 3 is 2.78 bits per heavy atom. The number of carbonyl (C=O) groups excluding carboxylic acids is 1. The molecule has 5 heteroatoms. The van der Waals surface area contributed by atoms with E-state index in [2.05, 4.69) is 0 Å². The molecule has 2 heterocycles. The van der Waals surface area contributed by atoms with Gasteiger partial charge in [-0.3, -0.25) is 4.79 Å². The molecule has 2 unspecified atom stereocenters. The molecule has 1 saturated heterocycles. The quantitative estimate of drug-likeness (QED) is 0.871. The lowest BCUT2D eigenvalue weighted by molar-refractivity contribution is -0.144. The molecule has 2 rings (SSSR count). The van der Waals surface area contributed by atoms with Gasteiger partial charge in [0.05, 0.1) is 11.8 Å². The number of carboxylic acid groups (broad SMARTS) is 1. The summed E-state index contributed by atoms with van der Waals surface area (Å²) < 4.78 is 5.10. The van der Waals surface area contributed by atoms with Crippen molar-refractivity contribution in [1.82, 2.24) is 4.90 Å². The third-order valence-electron chi connectivity index (χ3n) is 3.50. The second-order valence-corrected chi connectivity index (χ2v) is 4.87. The number of carboxylic acids is 1. The maximum Gasteiger partial charge on any atom is 0.326 e. The van der Waals surface area contributed by atoms with Crippen LogP contribution >= 0.6 is 0 Å². The summed E-state index contributed by atoms with van der Waals surface area (Å²) in [5, 5.41) is 9.22. The second kappa shape index (κ2) is 4.84. The van der Waals surface area contributed by atoms with Gasteiger partial charge >= 0.3 is 5.97 Å². The summed E-state index contributed by atoms with van der Waals surface area (Å²) >= 11 is 0. The molecule has 1 aromatic heterocycles. The maximum atomic E-state index is 12.3. The number of likely N-dealkylation sites (tertiary alicyclic amines) is 1. The van der Waals surface area contributed by atoms with E-state index >= 15 is 0 Å². The van der Waals surface area contributed by atoms with Crippen molar-refractivity contribution < 1.29 is 19.1 Å². The highest BCUT2D eigenvalue weighted by Gasteiger charge is 2.35. The summed E-state index contributed by atoms with van der Waals surface area (Å²) in [5.41, 5.74) is 0.454. The summed E-state index contributed by atoms with van der Waals surface area (Å²) in [6.07, 6.45) is 2.80. The Labute approximate surface area is 105 Å². The molecule has 98 valence electrons. The molecule has 5 nitrogen and oxygen atoms in total. The van der Waals surface area contributed by atoms with E-state index in [-0.39, 0.29) is 5.91 Å². The van der Waals surface area contributed by atoms with E-state index in [0.717, 1.165) is 6.42 Å². The van der Waals surface area contributed by atoms with E-state index in [0.29, 0.717) is 30.2 Å². The molecule has 1 aliphatic heterocycles. The Kier molecular flexibility index (Phi) is 3.41. The van der Waals surface area contributed by atoms with Gasteiger partial charge in [-0.1, -0.05) is 6.92 Å². The molecule has 0 radical (unpaired) electrons. The lowest BCUT2D eigenvalue weighted by atomic mass is 9.92. The Hall–Kier alpha value is -1.78. The number of carbonyl (C=O) groups is 2. The summed E-state index contributed by atoms with van der Waals surface area (Å²) in [6.45, 7) is 4.21. The van der Waals surface area contributed by atoms with Gasteiger partial charge in [-0.15, -0.1) is 0 Å². The van der Waals surface area contributed by atoms with Crippen LogP contribution in [0.15, 0.2) is 16.7 Å². The Bertz CT molecular complexity index is 465. The van der Waals surface area contributed by atoms with Crippen molar-refractivity contribution >= 4 is 11.9 Å². The third-order valence-corrected chi connectivity index (χ3v) is 3.50. The first-order valence-electron chi connectivity index (χ1n) is 6.08. The number of hydrogen-bond acceptors (Lipinski definition) is 3. The molecule has 2 atom stereocenters. The van der Waals surface area contributed by atoms with E-state index in [1.807, 2.05) is 6.92 Å². The molecule has 1 N–H and O–H groups in total. The van der Waals surface area contributed by atoms with Crippen LogP contribution in [0.5, 0.6) is 0 Å². The molecule has 0 saturated carbocycles. The summed E-state index contributed by atoms with van der Waals surface area (Å²) in [5.74, 6) is -0.319. The van der Waals surface area contributed by atoms with E-state index in [1.54, 1.807) is 13.0 Å². The van der Waals surface area contributed by atoms with Gasteiger partial charge < -0.3 is 14.4 Å². The monoisotopic (exact) mass is 251 g/mol. The minimum Gasteiger partial charge on any atom is -0.480 e. The van der Waals surface area contributed by atoms with Crippen molar-refractivity contribution in [2.75, 3.05) is 6.54 Å². The Balaban J connectivity index is 2.23. The van der Waals surface area contributed by atoms with Crippen LogP contribution < -0.4 is 0 Å². The van der Waals surface area contributed by atoms with Crippen LogP contribution in [0.4, 0.5) is 0 Å². The van der Waals surface area contributed by atoms with Crippen molar-refractivity contribution in [2.45, 2.75) is 32.7 Å². The van der Waals surface area contributed by atoms with Gasteiger partial charge in [-0.2, -0.15) is 0 Å². The number of rotatable bonds is 2. The fourth-order valence-corrected chi connectivity index (χ4v) is 2.38. The average Bonchev–Trinajstić information content (AvgIpc) is 2.74. The van der Waals surface area contributed by atoms with Crippen LogP contribution in [0.3, 0.4) is 0 Å². The molecule has 18 heavy (non-hydrogen) atoms. The topological polar surface area (TPSA) is 70.8 Å². The Morgan fingerprint density at radius 1 is 1.50 bits per heavy atom. The van der Waals surface area contributed by atoms with E-state index in [4.69, 9.17) is 4.42 Å². The van der Waals surface area contributed by atoms with Crippen LogP contribution in [0.25, 0.3) is 0 Å². The maximum absolute atomic E-state index is 12.3. The van der Waals surface area contributed by atoms with Gasteiger partial charge in [0, 0.05) is 6.54 Å². The third kappa shape index (κ3) is 2.25. The summed E-state index contributed by atoms with van der Waals surface area (Å²) in [7, 11) is 0. The first-order chi connectivity index (χ1) is 8.50. The number of piperidine rings is 1. The van der Waals surface area contributed by atoms with Gasteiger partial charge in [0.15, 0.2) is 0 Å². The van der Waals surface area contributed by atoms with Crippen LogP contribution in [0, 0.1) is 12.8 Å². The normalized spacial score (nSPS) is 24.0. The molecule has 1 amide bonds. The van der Waals surface area contributed by atoms with Crippen molar-refractivity contribution in [3.63, 3.8) is 0 Å². The fourth-order valence-electron chi connectivity index (χ4n) is 2.38. The largest absolute Gasteiger partial charge is 0.480 e. The Morgan fingerprint density at radius 2 is 2.22 bits per heavy atom. The first kappa shape index (κ1) is 12.7. The molecule has 0 aliphatic carbocycles. The zero-order valence-corrected chi connectivity index (χ0v) is 10.5. The van der Waals surface area contributed by atoms with Gasteiger partial charge in [0.1, 0.15) is 11.8 Å². The standard InChI is InChI=1S/C13H17NO4/c1-8-3-5-14(11(7-8)13(16)17)12(15)10-4-6-18-9(10)2/h4,6,8,11H,3,5,7H2,1-2H3,(H,16,17). The molecule has 1 aromatic rings. The minimum atomic E-state index is -0.934. The molecule has 0 bridgehead atoms. The van der Waals surface area contributed by atoms with Crippen LogP contribution in [-0.4, -0.2) is 34.5 Å². The van der Waals surface area contributed by atoms with Crippen molar-refractivity contribution in [2.24, 2.45) is 5.92 Å². The van der Waals surface area contributed by atoms with E-state index in [1.165, 1.54) is 11.2 Å². The van der Waals surface area contributed by atoms with E-state index < -0.39 is 12.0 Å². The lowest BCUT2D eigenvalue weighted by Crippen LogP contribution is -2.49. The number of nitrogens with zero attached hydrogens (tertiary/aromatic N) is 1. The van der Waals surface area contributed by atoms with Crippen molar-refractivity contribution in [1.29, 1.82) is 0 Å². The van der Waals surface area contributed by atoms with Gasteiger partial charge in [-0.25, -0.2) is 4.79 Å². The van der Waals surface area contributed by atoms with Gasteiger partial charge in [-0.05, 0) is 31.7 Å². The van der Waals surface area contributed by atoms with Gasteiger partial charge in [0.25, 0.3) is 5.91 Å². The fraction of sp³-hybridized carbons (Fsp3) is 0.538. The summed E-state index contributed by atoms with van der Waals surface area (Å²) in [4.78, 5) is 25.0. The molecule has 1 aliphatic rings. The van der Waals surface area contributed by atoms with Crippen LogP contribution in [-0.2, 0) is 4.79 Å². The number of aliphatic carboxylic acids is 1. The van der Waals surface area contributed by atoms with Gasteiger partial charge in [0.2, 0.25) is 0 Å². The molecular formula is C13H17NO4. The van der Waals surface area contributed by atoms with Crippen molar-refractivity contribution in [3.05, 3.63) is 23.7 Å². The van der Waals surface area contributed by atoms with Crippen LogP contribution in [0.1, 0.15) is 35.9 Å². The zero-order chi connectivity index (χ0) is 13.3. The molecule has 0 aromatic carbocycles. The molecular weight excluding hydrogens is 234 g/mol. The predicted molar refractivity (Wildman–Crippen MR) is 64.3 cm³/mol. The zero-order valence-electron chi connectivity index (χ0n) is 10.5. The molecule has 0 spiro atoms. The lowest BCUT2D eigenvalue weighted by Gasteiger charge is -2.35. The average molecular weight is 251 g/mol. The van der Waals surface area contributed by atoms with Crippen LogP contribution in [0.2, 0.25) is 0 Å². The first-order valence-corrected chi connectivity index (χ1v) is 6.08. The number of furan rings is 1. The second-order valence-electron chi connectivity index (χ2n) is 4.87. The smallest absolute Gasteiger partial charge is 0.326 e. The number of aryl methyl sites for hydroxylation is 1. The van der Waals surface area contributed by atoms with E-state index in [9.17, 15) is 14.7 Å². The highest BCUT2D eigenvalue weighted by molar-refractivity contribution is 5.97. The highest BCUT2D eigenvalue weighted by Crippen LogP contribution is 2.25.